The van der Waals surface area contributed by atoms with Gasteiger partial charge in [0.2, 0.25) is 0 Å². The molecule has 0 fully saturated rings. The molecule has 2 aromatic carbocycles. The lowest BCUT2D eigenvalue weighted by Crippen LogP contribution is -2.23. The Hall–Kier alpha value is -3.24. The molecule has 1 heterocycles. The van der Waals surface area contributed by atoms with Crippen LogP contribution in [0.1, 0.15) is 24.0 Å². The third-order valence-electron chi connectivity index (χ3n) is 5.14. The number of thiocarbonyl (C=S) groups is 1. The molecule has 0 saturated heterocycles. The lowest BCUT2D eigenvalue weighted by molar-refractivity contribution is -0.135. The minimum atomic E-state index is -4.19. The quantitative estimate of drug-likeness (QED) is 0.152. The van der Waals surface area contributed by atoms with Crippen molar-refractivity contribution in [3.63, 3.8) is 0 Å². The van der Waals surface area contributed by atoms with Crippen molar-refractivity contribution in [1.82, 2.24) is 9.88 Å². The van der Waals surface area contributed by atoms with Gasteiger partial charge in [0.15, 0.2) is 0 Å². The maximum absolute atomic E-state index is 12.7. The standard InChI is InChI=1S/C23H25F3N6S/c24-23(25,26)7-2-8-32-14-20(16-3-1-4-17(10-16)22(28)33)19-6-5-15(9-21(19)32)11-30-12-18(27)13-31-29/h1,3-6,9-10,13-14,27,30H,2,7-8,11-12,29H2,(H2,28,33)/b27-18?,31-13-. The minimum absolute atomic E-state index is 0.0162. The van der Waals surface area contributed by atoms with E-state index in [0.29, 0.717) is 13.1 Å². The van der Waals surface area contributed by atoms with Gasteiger partial charge in [0, 0.05) is 54.3 Å². The first-order chi connectivity index (χ1) is 15.7. The molecule has 0 saturated carbocycles. The van der Waals surface area contributed by atoms with Crippen LogP contribution in [0.25, 0.3) is 22.0 Å². The third kappa shape index (κ3) is 6.62. The number of nitrogens with two attached hydrogens (primary N) is 2. The number of nitrogens with zero attached hydrogens (tertiary/aromatic N) is 2. The zero-order chi connectivity index (χ0) is 24.0. The Labute approximate surface area is 195 Å². The molecule has 0 radical (unpaired) electrons. The van der Waals surface area contributed by atoms with Gasteiger partial charge in [-0.15, -0.1) is 0 Å². The molecule has 0 atom stereocenters. The van der Waals surface area contributed by atoms with Gasteiger partial charge in [-0.25, -0.2) is 0 Å². The van der Waals surface area contributed by atoms with Gasteiger partial charge in [0.25, 0.3) is 0 Å². The molecule has 0 unspecified atom stereocenters. The second-order valence-electron chi connectivity index (χ2n) is 7.66. The third-order valence-corrected chi connectivity index (χ3v) is 5.37. The number of hydrazone groups is 1. The van der Waals surface area contributed by atoms with Crippen LogP contribution in [-0.2, 0) is 13.1 Å². The molecule has 0 aliphatic rings. The number of fused-ring (bicyclic) bond motifs is 1. The van der Waals surface area contributed by atoms with Gasteiger partial charge >= 0.3 is 6.18 Å². The van der Waals surface area contributed by atoms with Gasteiger partial charge in [0.1, 0.15) is 4.99 Å². The van der Waals surface area contributed by atoms with Crippen molar-refractivity contribution in [2.45, 2.75) is 32.1 Å². The Morgan fingerprint density at radius 3 is 2.70 bits per heavy atom. The van der Waals surface area contributed by atoms with Gasteiger partial charge in [-0.3, -0.25) is 0 Å². The van der Waals surface area contributed by atoms with Gasteiger partial charge in [-0.2, -0.15) is 18.3 Å². The summed E-state index contributed by atoms with van der Waals surface area (Å²) in [6, 6.07) is 13.4. The van der Waals surface area contributed by atoms with Crippen molar-refractivity contribution in [3.05, 3.63) is 59.8 Å². The predicted molar refractivity (Wildman–Crippen MR) is 131 cm³/mol. The molecular formula is C23H25F3N6S. The van der Waals surface area contributed by atoms with Crippen molar-refractivity contribution >= 4 is 40.0 Å². The van der Waals surface area contributed by atoms with E-state index in [1.165, 1.54) is 6.21 Å². The fourth-order valence-electron chi connectivity index (χ4n) is 3.63. The van der Waals surface area contributed by atoms with Gasteiger partial charge in [-0.1, -0.05) is 42.5 Å². The first kappa shape index (κ1) is 24.4. The van der Waals surface area contributed by atoms with Crippen LogP contribution in [-0.4, -0.2) is 34.2 Å². The Bertz CT molecular complexity index is 1180. The second-order valence-corrected chi connectivity index (χ2v) is 8.10. The molecule has 0 amide bonds. The van der Waals surface area contributed by atoms with Crippen LogP contribution < -0.4 is 16.9 Å². The van der Waals surface area contributed by atoms with Gasteiger partial charge < -0.3 is 26.9 Å². The SMILES string of the molecule is N=C(/C=N\N)CNCc1ccc2c(-c3cccc(C(N)=S)c3)cn(CCCC(F)(F)F)c2c1. The highest BCUT2D eigenvalue weighted by Crippen LogP contribution is 2.33. The summed E-state index contributed by atoms with van der Waals surface area (Å²) in [4.78, 5) is 0.282. The summed E-state index contributed by atoms with van der Waals surface area (Å²) < 4.78 is 40.0. The molecule has 0 aliphatic heterocycles. The number of halogens is 3. The van der Waals surface area contributed by atoms with E-state index in [-0.39, 0.29) is 23.7 Å². The Balaban J connectivity index is 1.94. The number of alkyl halides is 3. The first-order valence-corrected chi connectivity index (χ1v) is 10.7. The highest BCUT2D eigenvalue weighted by Gasteiger charge is 2.26. The minimum Gasteiger partial charge on any atom is -0.389 e. The van der Waals surface area contributed by atoms with E-state index in [9.17, 15) is 13.2 Å². The summed E-state index contributed by atoms with van der Waals surface area (Å²) >= 11 is 5.09. The Kier molecular flexibility index (Phi) is 7.83. The fourth-order valence-corrected chi connectivity index (χ4v) is 3.76. The van der Waals surface area contributed by atoms with E-state index in [1.807, 2.05) is 53.2 Å². The maximum Gasteiger partial charge on any atom is 0.389 e. The van der Waals surface area contributed by atoms with E-state index in [4.69, 9.17) is 29.2 Å². The molecule has 174 valence electrons. The topological polar surface area (TPSA) is 105 Å². The van der Waals surface area contributed by atoms with E-state index in [1.54, 1.807) is 0 Å². The predicted octanol–water partition coefficient (Wildman–Crippen LogP) is 4.34. The number of benzene rings is 2. The summed E-state index contributed by atoms with van der Waals surface area (Å²) in [6.45, 7) is 1.01. The van der Waals surface area contributed by atoms with E-state index in [0.717, 1.165) is 33.2 Å². The normalized spacial score (nSPS) is 12.0. The van der Waals surface area contributed by atoms with Crippen LogP contribution >= 0.6 is 12.2 Å². The van der Waals surface area contributed by atoms with Crippen LogP contribution in [0.2, 0.25) is 0 Å². The molecule has 10 heteroatoms. The van der Waals surface area contributed by atoms with Gasteiger partial charge in [0.05, 0.1) is 11.9 Å². The monoisotopic (exact) mass is 474 g/mol. The van der Waals surface area contributed by atoms with Crippen LogP contribution in [0.5, 0.6) is 0 Å². The largest absolute Gasteiger partial charge is 0.389 e. The summed E-state index contributed by atoms with van der Waals surface area (Å²) in [5, 5.41) is 15.1. The van der Waals surface area contributed by atoms with Crippen LogP contribution in [0, 0.1) is 5.41 Å². The molecule has 0 bridgehead atoms. The summed E-state index contributed by atoms with van der Waals surface area (Å²) in [7, 11) is 0. The number of rotatable bonds is 10. The molecule has 1 aromatic heterocycles. The number of nitrogens with one attached hydrogen (secondary N) is 2. The second kappa shape index (κ2) is 10.6. The summed E-state index contributed by atoms with van der Waals surface area (Å²) in [5.74, 6) is 5.05. The molecule has 6 N–H and O–H groups in total. The average molecular weight is 475 g/mol. The van der Waals surface area contributed by atoms with E-state index >= 15 is 0 Å². The fraction of sp³-hybridized carbons (Fsp3) is 0.261. The first-order valence-electron chi connectivity index (χ1n) is 10.3. The van der Waals surface area contributed by atoms with Crippen molar-refractivity contribution in [2.24, 2.45) is 16.7 Å². The molecule has 0 aliphatic carbocycles. The maximum atomic E-state index is 12.7. The lowest BCUT2D eigenvalue weighted by Gasteiger charge is -2.09. The Morgan fingerprint density at radius 1 is 1.21 bits per heavy atom. The zero-order valence-corrected chi connectivity index (χ0v) is 18.6. The highest BCUT2D eigenvalue weighted by molar-refractivity contribution is 7.80. The van der Waals surface area contributed by atoms with Crippen molar-refractivity contribution < 1.29 is 13.2 Å². The zero-order valence-electron chi connectivity index (χ0n) is 17.8. The summed E-state index contributed by atoms with van der Waals surface area (Å²) in [6.07, 6.45) is -1.91. The molecule has 6 nitrogen and oxygen atoms in total. The Morgan fingerprint density at radius 2 is 2.00 bits per heavy atom. The number of aryl methyl sites for hydroxylation is 1. The molecule has 33 heavy (non-hydrogen) atoms. The van der Waals surface area contributed by atoms with Crippen LogP contribution in [0.15, 0.2) is 53.8 Å². The number of hydrogen-bond acceptors (Lipinski definition) is 5. The van der Waals surface area contributed by atoms with Crippen LogP contribution in [0.3, 0.4) is 0 Å². The van der Waals surface area contributed by atoms with E-state index < -0.39 is 12.6 Å². The van der Waals surface area contributed by atoms with Crippen molar-refractivity contribution in [2.75, 3.05) is 6.54 Å². The highest BCUT2D eigenvalue weighted by atomic mass is 32.1. The molecular weight excluding hydrogens is 449 g/mol. The van der Waals surface area contributed by atoms with Gasteiger partial charge in [-0.05, 0) is 29.7 Å². The van der Waals surface area contributed by atoms with E-state index in [2.05, 4.69) is 10.4 Å². The number of aromatic nitrogens is 1. The van der Waals surface area contributed by atoms with Crippen LogP contribution in [0.4, 0.5) is 13.2 Å². The lowest BCUT2D eigenvalue weighted by atomic mass is 10.0. The smallest absolute Gasteiger partial charge is 0.389 e. The molecule has 0 spiro atoms. The van der Waals surface area contributed by atoms with Crippen molar-refractivity contribution in [3.8, 4) is 11.1 Å². The molecule has 3 rings (SSSR count). The average Bonchev–Trinajstić information content (AvgIpc) is 3.11. The van der Waals surface area contributed by atoms with Crippen molar-refractivity contribution in [1.29, 1.82) is 5.41 Å². The number of hydrogen-bond donors (Lipinski definition) is 4. The summed E-state index contributed by atoms with van der Waals surface area (Å²) in [5.41, 5.74) is 10.3. The molecule has 3 aromatic rings.